The molecule has 5 atom stereocenters. The molecule has 0 N–H and O–H groups in total. The van der Waals surface area contributed by atoms with Gasteiger partial charge in [-0.3, -0.25) is 14.4 Å². The van der Waals surface area contributed by atoms with Crippen molar-refractivity contribution in [3.8, 4) is 0 Å². The molecule has 4 heteroatoms. The highest BCUT2D eigenvalue weighted by Crippen LogP contribution is 2.65. The first-order valence-corrected chi connectivity index (χ1v) is 14.8. The monoisotopic (exact) mass is 484 g/mol. The van der Waals surface area contributed by atoms with Crippen LogP contribution >= 0.6 is 0 Å². The van der Waals surface area contributed by atoms with Crippen molar-refractivity contribution in [1.82, 2.24) is 0 Å². The van der Waals surface area contributed by atoms with E-state index >= 15 is 0 Å². The Kier molecular flexibility index (Phi) is 8.59. The number of ether oxygens (including phenoxy) is 1. The Hall–Kier alpha value is -1.45. The molecule has 0 aromatic carbocycles. The number of allylic oxidation sites excluding steroid dienone is 1. The summed E-state index contributed by atoms with van der Waals surface area (Å²) < 4.78 is 5.58. The highest BCUT2D eigenvalue weighted by Gasteiger charge is 2.59. The second-order valence-corrected chi connectivity index (χ2v) is 12.5. The lowest BCUT2D eigenvalue weighted by Crippen LogP contribution is -2.51. The zero-order valence-corrected chi connectivity index (χ0v) is 22.6. The summed E-state index contributed by atoms with van der Waals surface area (Å²) in [5.74, 6) is 2.37. The number of carbonyl (C=O) groups is 3. The van der Waals surface area contributed by atoms with Crippen molar-refractivity contribution in [2.75, 3.05) is 6.61 Å². The number of Topliss-reactive ketones (excluding diaryl/α,β-unsaturated/α-hetero) is 2. The zero-order chi connectivity index (χ0) is 25.1. The van der Waals surface area contributed by atoms with Crippen LogP contribution in [0.1, 0.15) is 130 Å². The Labute approximate surface area is 213 Å². The van der Waals surface area contributed by atoms with Gasteiger partial charge in [-0.05, 0) is 73.7 Å². The van der Waals surface area contributed by atoms with Crippen molar-refractivity contribution in [2.45, 2.75) is 130 Å². The number of ketones is 2. The van der Waals surface area contributed by atoms with Gasteiger partial charge in [0, 0.05) is 31.1 Å². The van der Waals surface area contributed by atoms with Crippen molar-refractivity contribution >= 4 is 17.5 Å². The Morgan fingerprint density at radius 1 is 0.857 bits per heavy atom. The lowest BCUT2D eigenvalue weighted by atomic mass is 9.47. The normalized spacial score (nSPS) is 34.4. The van der Waals surface area contributed by atoms with E-state index in [4.69, 9.17) is 4.74 Å². The summed E-state index contributed by atoms with van der Waals surface area (Å²) in [6.07, 6.45) is 17.0. The Bertz CT molecular complexity index is 841. The van der Waals surface area contributed by atoms with Gasteiger partial charge < -0.3 is 4.74 Å². The quantitative estimate of drug-likeness (QED) is 0.225. The van der Waals surface area contributed by atoms with Gasteiger partial charge in [-0.2, -0.15) is 0 Å². The van der Waals surface area contributed by atoms with E-state index in [0.717, 1.165) is 63.4 Å². The maximum Gasteiger partial charge on any atom is 0.305 e. The van der Waals surface area contributed by atoms with Crippen LogP contribution in [0.5, 0.6) is 0 Å². The van der Waals surface area contributed by atoms with Gasteiger partial charge >= 0.3 is 5.97 Å². The summed E-state index contributed by atoms with van der Waals surface area (Å²) >= 11 is 0. The minimum absolute atomic E-state index is 0.0703. The molecule has 3 saturated carbocycles. The summed E-state index contributed by atoms with van der Waals surface area (Å²) in [7, 11) is 0. The highest BCUT2D eigenvalue weighted by molar-refractivity contribution is 5.97. The van der Waals surface area contributed by atoms with E-state index in [-0.39, 0.29) is 22.6 Å². The average Bonchev–Trinajstić information content (AvgIpc) is 3.14. The molecule has 4 nitrogen and oxygen atoms in total. The third kappa shape index (κ3) is 5.32. The lowest BCUT2D eigenvalue weighted by Gasteiger charge is -2.57. The summed E-state index contributed by atoms with van der Waals surface area (Å²) in [4.78, 5) is 37.9. The van der Waals surface area contributed by atoms with Gasteiger partial charge in [-0.1, -0.05) is 64.9 Å². The molecule has 4 aliphatic carbocycles. The second-order valence-electron chi connectivity index (χ2n) is 12.5. The van der Waals surface area contributed by atoms with Gasteiger partial charge in [0.25, 0.3) is 0 Å². The second kappa shape index (κ2) is 11.3. The zero-order valence-electron chi connectivity index (χ0n) is 22.6. The largest absolute Gasteiger partial charge is 0.465 e. The third-order valence-electron chi connectivity index (χ3n) is 10.6. The fraction of sp³-hybridized carbons (Fsp3) is 0.839. The lowest BCUT2D eigenvalue weighted by molar-refractivity contribution is -0.144. The first-order valence-electron chi connectivity index (χ1n) is 14.8. The smallest absolute Gasteiger partial charge is 0.305 e. The molecule has 0 aromatic rings. The number of hydrogen-bond donors (Lipinski definition) is 0. The number of hydrogen-bond acceptors (Lipinski definition) is 4. The summed E-state index contributed by atoms with van der Waals surface area (Å²) in [6.45, 7) is 7.19. The predicted molar refractivity (Wildman–Crippen MR) is 139 cm³/mol. The van der Waals surface area contributed by atoms with Crippen LogP contribution in [0.2, 0.25) is 0 Å². The molecule has 0 saturated heterocycles. The molecule has 196 valence electrons. The fourth-order valence-electron chi connectivity index (χ4n) is 8.45. The molecular formula is C31H48O4. The molecule has 0 unspecified atom stereocenters. The molecule has 4 rings (SSSR count). The van der Waals surface area contributed by atoms with Crippen LogP contribution in [0.25, 0.3) is 0 Å². The Morgan fingerprint density at radius 3 is 2.34 bits per heavy atom. The fourth-order valence-corrected chi connectivity index (χ4v) is 8.45. The van der Waals surface area contributed by atoms with Crippen molar-refractivity contribution in [1.29, 1.82) is 0 Å². The minimum atomic E-state index is -0.114. The third-order valence-corrected chi connectivity index (χ3v) is 10.6. The van der Waals surface area contributed by atoms with Gasteiger partial charge in [0.2, 0.25) is 0 Å². The molecule has 0 heterocycles. The predicted octanol–water partition coefficient (Wildman–Crippen LogP) is 7.53. The van der Waals surface area contributed by atoms with E-state index in [0.29, 0.717) is 49.4 Å². The van der Waals surface area contributed by atoms with E-state index < -0.39 is 0 Å². The molecule has 0 amide bonds. The molecule has 0 spiro atoms. The highest BCUT2D eigenvalue weighted by atomic mass is 16.5. The first-order chi connectivity index (χ1) is 16.8. The van der Waals surface area contributed by atoms with Gasteiger partial charge in [-0.15, -0.1) is 0 Å². The van der Waals surface area contributed by atoms with E-state index in [1.165, 1.54) is 37.7 Å². The van der Waals surface area contributed by atoms with E-state index in [1.807, 2.05) is 0 Å². The van der Waals surface area contributed by atoms with Crippen LogP contribution in [0.3, 0.4) is 0 Å². The standard InChI is InChI=1S/C31H48O4/c1-4-5-6-7-8-9-10-11-29(34)35-21-18-23-25-13-12-22-24-14-15-28(33)31(24,3)19-16-26(22)30(25,2)20-17-27(23)32/h22,24,26H,4-21H2,1-3H3/t22-,24-,26+,30-,31-/m0/s1. The minimum Gasteiger partial charge on any atom is -0.465 e. The van der Waals surface area contributed by atoms with Gasteiger partial charge in [0.15, 0.2) is 5.78 Å². The molecule has 4 aliphatic rings. The van der Waals surface area contributed by atoms with Crippen LogP contribution in [-0.2, 0) is 19.1 Å². The molecular weight excluding hydrogens is 436 g/mol. The summed E-state index contributed by atoms with van der Waals surface area (Å²) in [6, 6.07) is 0. The van der Waals surface area contributed by atoms with Crippen LogP contribution in [0.4, 0.5) is 0 Å². The topological polar surface area (TPSA) is 60.4 Å². The molecule has 3 fully saturated rings. The van der Waals surface area contributed by atoms with Crippen LogP contribution in [0, 0.1) is 28.6 Å². The van der Waals surface area contributed by atoms with Crippen molar-refractivity contribution in [3.63, 3.8) is 0 Å². The van der Waals surface area contributed by atoms with Gasteiger partial charge in [0.1, 0.15) is 5.78 Å². The van der Waals surface area contributed by atoms with Gasteiger partial charge in [-0.25, -0.2) is 0 Å². The molecule has 0 aromatic heterocycles. The van der Waals surface area contributed by atoms with Gasteiger partial charge in [0.05, 0.1) is 6.61 Å². The van der Waals surface area contributed by atoms with Crippen LogP contribution < -0.4 is 0 Å². The van der Waals surface area contributed by atoms with E-state index in [1.54, 1.807) is 0 Å². The number of esters is 1. The van der Waals surface area contributed by atoms with Crippen molar-refractivity contribution < 1.29 is 19.1 Å². The number of unbranched alkanes of at least 4 members (excludes halogenated alkanes) is 6. The molecule has 0 aliphatic heterocycles. The summed E-state index contributed by atoms with van der Waals surface area (Å²) in [5.41, 5.74) is 2.30. The van der Waals surface area contributed by atoms with E-state index in [9.17, 15) is 14.4 Å². The molecule has 0 bridgehead atoms. The maximum absolute atomic E-state index is 13.0. The van der Waals surface area contributed by atoms with Crippen LogP contribution in [-0.4, -0.2) is 24.1 Å². The molecule has 35 heavy (non-hydrogen) atoms. The Morgan fingerprint density at radius 2 is 1.57 bits per heavy atom. The Balaban J connectivity index is 1.32. The number of rotatable bonds is 11. The van der Waals surface area contributed by atoms with Crippen molar-refractivity contribution in [2.24, 2.45) is 28.6 Å². The first kappa shape index (κ1) is 26.6. The van der Waals surface area contributed by atoms with Crippen molar-refractivity contribution in [3.05, 3.63) is 11.1 Å². The average molecular weight is 485 g/mol. The van der Waals surface area contributed by atoms with Crippen LogP contribution in [0.15, 0.2) is 11.1 Å². The summed E-state index contributed by atoms with van der Waals surface area (Å²) in [5, 5.41) is 0. The number of carbonyl (C=O) groups excluding carboxylic acids is 3. The SMILES string of the molecule is CCCCCCCCCC(=O)OCCC1=C2CC[C@@H]3[C@@H](CC[C@]4(C)C(=O)CC[C@@H]34)[C@@]2(C)CCC1=O. The number of fused-ring (bicyclic) bond motifs is 5. The maximum atomic E-state index is 13.0. The molecule has 0 radical (unpaired) electrons. The van der Waals surface area contributed by atoms with E-state index in [2.05, 4.69) is 20.8 Å².